The van der Waals surface area contributed by atoms with Crippen LogP contribution in [0.5, 0.6) is 23.0 Å². The number of hydrogen-bond donors (Lipinski definition) is 2. The number of phenolic OH excluding ortho intramolecular Hbond substituents is 2. The minimum absolute atomic E-state index is 0.265. The Morgan fingerprint density at radius 3 is 1.33 bits per heavy atom. The molecule has 0 fully saturated rings. The van der Waals surface area contributed by atoms with Crippen LogP contribution in [0.25, 0.3) is 20.2 Å². The van der Waals surface area contributed by atoms with Crippen molar-refractivity contribution in [2.45, 2.75) is 0 Å². The van der Waals surface area contributed by atoms with Crippen molar-refractivity contribution in [3.8, 4) is 23.0 Å². The summed E-state index contributed by atoms with van der Waals surface area (Å²) in [5.41, 5.74) is 0. The highest BCUT2D eigenvalue weighted by Crippen LogP contribution is 2.37. The minimum Gasteiger partial charge on any atom is -0.507 e. The van der Waals surface area contributed by atoms with Gasteiger partial charge in [-0.1, -0.05) is 0 Å². The van der Waals surface area contributed by atoms with Crippen LogP contribution in [0.1, 0.15) is 0 Å². The molecule has 0 saturated heterocycles. The Hall–Kier alpha value is -2.56. The van der Waals surface area contributed by atoms with Crippen molar-refractivity contribution in [2.75, 3.05) is 52.9 Å². The number of fused-ring (bicyclic) bond motifs is 2. The van der Waals surface area contributed by atoms with Crippen LogP contribution >= 0.6 is 22.7 Å². The van der Waals surface area contributed by atoms with E-state index in [0.29, 0.717) is 52.9 Å². The molecule has 33 heavy (non-hydrogen) atoms. The highest BCUT2D eigenvalue weighted by Gasteiger charge is 2.08. The van der Waals surface area contributed by atoms with Gasteiger partial charge in [0.1, 0.15) is 36.2 Å². The van der Waals surface area contributed by atoms with E-state index < -0.39 is 0 Å². The van der Waals surface area contributed by atoms with Crippen LogP contribution in [0.3, 0.4) is 0 Å². The monoisotopic (exact) mass is 490 g/mol. The molecule has 2 N–H and O–H groups in total. The van der Waals surface area contributed by atoms with Crippen LogP contribution < -0.4 is 9.47 Å². The molecule has 0 amide bonds. The normalized spacial score (nSPS) is 11.4. The molecule has 4 rings (SSSR count). The third-order valence-corrected chi connectivity index (χ3v) is 6.69. The van der Waals surface area contributed by atoms with Crippen LogP contribution in [-0.2, 0) is 14.2 Å². The third-order valence-electron chi connectivity index (χ3n) is 4.83. The van der Waals surface area contributed by atoms with E-state index in [1.807, 2.05) is 22.9 Å². The molecule has 0 aliphatic heterocycles. The lowest BCUT2D eigenvalue weighted by Crippen LogP contribution is -2.14. The van der Waals surface area contributed by atoms with E-state index in [0.717, 1.165) is 31.7 Å². The van der Waals surface area contributed by atoms with Gasteiger partial charge in [0.15, 0.2) is 0 Å². The SMILES string of the molecule is Oc1ccc(OCCOCCOCCOCCOc2ccc(O)c3ccsc23)c2sccc12. The third kappa shape index (κ3) is 6.27. The van der Waals surface area contributed by atoms with Gasteiger partial charge < -0.3 is 33.9 Å². The van der Waals surface area contributed by atoms with E-state index in [9.17, 15) is 10.2 Å². The van der Waals surface area contributed by atoms with Crippen LogP contribution in [-0.4, -0.2) is 63.1 Å². The fraction of sp³-hybridized carbons (Fsp3) is 0.333. The second-order valence-corrected chi connectivity index (χ2v) is 8.86. The molecule has 4 aromatic rings. The molecule has 0 spiro atoms. The summed E-state index contributed by atoms with van der Waals surface area (Å²) in [5.74, 6) is 2.04. The predicted octanol–water partition coefficient (Wildman–Crippen LogP) is 5.03. The number of thiophene rings is 2. The van der Waals surface area contributed by atoms with E-state index in [4.69, 9.17) is 23.7 Å². The van der Waals surface area contributed by atoms with Gasteiger partial charge in [0.25, 0.3) is 0 Å². The van der Waals surface area contributed by atoms with Gasteiger partial charge in [-0.05, 0) is 47.2 Å². The average Bonchev–Trinajstić information content (AvgIpc) is 3.51. The van der Waals surface area contributed by atoms with Gasteiger partial charge in [-0.2, -0.15) is 0 Å². The fourth-order valence-corrected chi connectivity index (χ4v) is 5.00. The van der Waals surface area contributed by atoms with Crippen molar-refractivity contribution in [3.05, 3.63) is 47.2 Å². The van der Waals surface area contributed by atoms with Crippen molar-refractivity contribution in [1.29, 1.82) is 0 Å². The summed E-state index contributed by atoms with van der Waals surface area (Å²) in [7, 11) is 0. The molecular formula is C24H26O7S2. The van der Waals surface area contributed by atoms with Crippen molar-refractivity contribution in [2.24, 2.45) is 0 Å². The molecule has 0 radical (unpaired) electrons. The molecule has 2 heterocycles. The van der Waals surface area contributed by atoms with Gasteiger partial charge in [-0.15, -0.1) is 22.7 Å². The molecule has 0 saturated carbocycles. The Labute approximate surface area is 199 Å². The lowest BCUT2D eigenvalue weighted by atomic mass is 10.2. The second kappa shape index (κ2) is 12.1. The quantitative estimate of drug-likeness (QED) is 0.240. The lowest BCUT2D eigenvalue weighted by molar-refractivity contribution is 0.00513. The van der Waals surface area contributed by atoms with Gasteiger partial charge in [0, 0.05) is 10.8 Å². The fourth-order valence-electron chi connectivity index (χ4n) is 3.23. The van der Waals surface area contributed by atoms with Gasteiger partial charge in [0.05, 0.1) is 49.0 Å². The topological polar surface area (TPSA) is 86.6 Å². The number of rotatable bonds is 14. The Morgan fingerprint density at radius 1 is 0.515 bits per heavy atom. The van der Waals surface area contributed by atoms with Crippen molar-refractivity contribution < 1.29 is 33.9 Å². The average molecular weight is 491 g/mol. The number of hydrogen-bond acceptors (Lipinski definition) is 9. The Bertz CT molecular complexity index is 1060. The van der Waals surface area contributed by atoms with E-state index in [1.165, 1.54) is 22.7 Å². The largest absolute Gasteiger partial charge is 0.507 e. The smallest absolute Gasteiger partial charge is 0.137 e. The summed E-state index contributed by atoms with van der Waals surface area (Å²) in [5, 5.41) is 25.1. The standard InChI is InChI=1S/C24H26O7S2/c25-19-1-3-21(23-17(19)5-15-32-23)30-13-11-28-9-7-27-8-10-29-12-14-31-22-4-2-20(26)18-6-16-33-24(18)22/h1-6,15-16,25-26H,7-14H2. The molecular weight excluding hydrogens is 464 g/mol. The first-order chi connectivity index (χ1) is 16.2. The highest BCUT2D eigenvalue weighted by molar-refractivity contribution is 7.18. The zero-order chi connectivity index (χ0) is 22.9. The molecule has 0 atom stereocenters. The highest BCUT2D eigenvalue weighted by atomic mass is 32.1. The Balaban J connectivity index is 0.993. The van der Waals surface area contributed by atoms with E-state index in [2.05, 4.69) is 0 Å². The maximum Gasteiger partial charge on any atom is 0.137 e. The second-order valence-electron chi connectivity index (χ2n) is 7.03. The zero-order valence-corrected chi connectivity index (χ0v) is 19.7. The first-order valence-electron chi connectivity index (χ1n) is 10.6. The number of benzene rings is 2. The van der Waals surface area contributed by atoms with Crippen molar-refractivity contribution in [3.63, 3.8) is 0 Å². The summed E-state index contributed by atoms with van der Waals surface area (Å²) in [6.07, 6.45) is 0. The molecule has 0 aliphatic carbocycles. The number of aromatic hydroxyl groups is 2. The molecule has 2 aromatic carbocycles. The summed E-state index contributed by atoms with van der Waals surface area (Å²) >= 11 is 3.08. The molecule has 0 unspecified atom stereocenters. The van der Waals surface area contributed by atoms with Gasteiger partial charge in [0.2, 0.25) is 0 Å². The molecule has 0 aliphatic rings. The van der Waals surface area contributed by atoms with Crippen molar-refractivity contribution >= 4 is 42.8 Å². The van der Waals surface area contributed by atoms with E-state index in [1.54, 1.807) is 24.3 Å². The van der Waals surface area contributed by atoms with Crippen LogP contribution in [0.2, 0.25) is 0 Å². The Kier molecular flexibility index (Phi) is 8.62. The first kappa shape index (κ1) is 23.6. The van der Waals surface area contributed by atoms with Crippen molar-refractivity contribution in [1.82, 2.24) is 0 Å². The summed E-state index contributed by atoms with van der Waals surface area (Å²) in [4.78, 5) is 0. The zero-order valence-electron chi connectivity index (χ0n) is 18.0. The van der Waals surface area contributed by atoms with E-state index in [-0.39, 0.29) is 11.5 Å². The van der Waals surface area contributed by atoms with Gasteiger partial charge in [-0.3, -0.25) is 0 Å². The molecule has 7 nitrogen and oxygen atoms in total. The van der Waals surface area contributed by atoms with Gasteiger partial charge >= 0.3 is 0 Å². The van der Waals surface area contributed by atoms with Crippen LogP contribution in [0.4, 0.5) is 0 Å². The predicted molar refractivity (Wildman–Crippen MR) is 130 cm³/mol. The molecule has 9 heteroatoms. The molecule has 0 bridgehead atoms. The van der Waals surface area contributed by atoms with E-state index >= 15 is 0 Å². The first-order valence-corrected chi connectivity index (χ1v) is 12.4. The number of phenols is 2. The molecule has 176 valence electrons. The summed E-state index contributed by atoms with van der Waals surface area (Å²) in [6.45, 7) is 3.71. The molecule has 2 aromatic heterocycles. The van der Waals surface area contributed by atoms with Crippen LogP contribution in [0, 0.1) is 0 Å². The summed E-state index contributed by atoms with van der Waals surface area (Å²) in [6, 6.07) is 10.6. The summed E-state index contributed by atoms with van der Waals surface area (Å²) < 4.78 is 30.0. The van der Waals surface area contributed by atoms with Gasteiger partial charge in [-0.25, -0.2) is 0 Å². The number of ether oxygens (including phenoxy) is 5. The Morgan fingerprint density at radius 2 is 0.909 bits per heavy atom. The maximum absolute atomic E-state index is 9.83. The van der Waals surface area contributed by atoms with Crippen LogP contribution in [0.15, 0.2) is 47.2 Å². The minimum atomic E-state index is 0.265. The maximum atomic E-state index is 9.83. The lowest BCUT2D eigenvalue weighted by Gasteiger charge is -2.10.